The topological polar surface area (TPSA) is 99.4 Å². The second-order valence-corrected chi connectivity index (χ2v) is 7.81. The second kappa shape index (κ2) is 9.22. The minimum Gasteiger partial charge on any atom is -0.368 e. The summed E-state index contributed by atoms with van der Waals surface area (Å²) in [6.07, 6.45) is -3.05. The number of carbonyl (C=O) groups is 1. The summed E-state index contributed by atoms with van der Waals surface area (Å²) in [7, 11) is 0. The van der Waals surface area contributed by atoms with Gasteiger partial charge in [0.1, 0.15) is 22.9 Å². The zero-order valence-corrected chi connectivity index (χ0v) is 18.2. The Morgan fingerprint density at radius 3 is 2.58 bits per heavy atom. The number of anilines is 2. The summed E-state index contributed by atoms with van der Waals surface area (Å²) in [5, 5.41) is 10.4. The Labute approximate surface area is 187 Å². The van der Waals surface area contributed by atoms with Crippen LogP contribution in [0.15, 0.2) is 28.9 Å². The summed E-state index contributed by atoms with van der Waals surface area (Å²) < 4.78 is 43.8. The summed E-state index contributed by atoms with van der Waals surface area (Å²) in [5.74, 6) is 1.06. The first kappa shape index (κ1) is 22.8. The lowest BCUT2D eigenvalue weighted by atomic mass is 10.2. The average Bonchev–Trinajstić information content (AvgIpc) is 3.10. The number of piperazine rings is 1. The van der Waals surface area contributed by atoms with E-state index in [9.17, 15) is 18.0 Å². The number of aryl methyl sites for hydroxylation is 2. The van der Waals surface area contributed by atoms with Crippen molar-refractivity contribution in [3.8, 4) is 0 Å². The summed E-state index contributed by atoms with van der Waals surface area (Å²) in [4.78, 5) is 24.4. The van der Waals surface area contributed by atoms with Gasteiger partial charge in [-0.1, -0.05) is 5.16 Å². The molecule has 3 aromatic rings. The molecule has 1 fully saturated rings. The first-order chi connectivity index (χ1) is 15.7. The molecular formula is C21H24F3N7O2. The van der Waals surface area contributed by atoms with E-state index in [-0.39, 0.29) is 11.5 Å². The third-order valence-corrected chi connectivity index (χ3v) is 5.55. The van der Waals surface area contributed by atoms with Crippen LogP contribution in [0.1, 0.15) is 17.1 Å². The molecule has 1 saturated heterocycles. The molecule has 3 aromatic heterocycles. The van der Waals surface area contributed by atoms with Gasteiger partial charge >= 0.3 is 12.2 Å². The Hall–Kier alpha value is -3.41. The molecule has 2 amide bonds. The number of nitrogens with one attached hydrogen (secondary N) is 2. The van der Waals surface area contributed by atoms with Gasteiger partial charge < -0.3 is 20.1 Å². The molecule has 12 heteroatoms. The number of fused-ring (bicyclic) bond motifs is 1. The average molecular weight is 463 g/mol. The molecule has 176 valence electrons. The predicted octanol–water partition coefficient (Wildman–Crippen LogP) is 3.52. The number of nitrogens with zero attached hydrogens (tertiary/aromatic N) is 5. The number of urea groups is 1. The molecule has 2 N–H and O–H groups in total. The molecule has 0 bridgehead atoms. The number of carbonyl (C=O) groups excluding carboxylic acids is 1. The highest BCUT2D eigenvalue weighted by Gasteiger charge is 2.32. The number of rotatable bonds is 5. The Balaban J connectivity index is 1.27. The standard InChI is InChI=1S/C21H24F3N7O2/c1-13-18(14(2)33-29-13)28-20(32)31-11-9-30(10-12-31)8-7-26-19-15-3-4-17(21(22,23)24)27-16(15)5-6-25-19/h3-6H,7-12H2,1-2H3,(H,25,26)(H,28,32). The van der Waals surface area contributed by atoms with Crippen LogP contribution in [0.3, 0.4) is 0 Å². The van der Waals surface area contributed by atoms with Crippen molar-refractivity contribution < 1.29 is 22.5 Å². The first-order valence-electron chi connectivity index (χ1n) is 10.5. The molecule has 0 spiro atoms. The predicted molar refractivity (Wildman–Crippen MR) is 116 cm³/mol. The van der Waals surface area contributed by atoms with E-state index in [0.717, 1.165) is 6.07 Å². The third kappa shape index (κ3) is 5.16. The Morgan fingerprint density at radius 2 is 1.91 bits per heavy atom. The minimum atomic E-state index is -4.49. The van der Waals surface area contributed by atoms with E-state index in [4.69, 9.17) is 4.52 Å². The lowest BCUT2D eigenvalue weighted by molar-refractivity contribution is -0.140. The maximum absolute atomic E-state index is 12.9. The number of amides is 2. The van der Waals surface area contributed by atoms with Crippen LogP contribution in [0.25, 0.3) is 10.9 Å². The Morgan fingerprint density at radius 1 is 1.15 bits per heavy atom. The Kier molecular flexibility index (Phi) is 6.36. The van der Waals surface area contributed by atoms with E-state index in [2.05, 4.69) is 30.7 Å². The second-order valence-electron chi connectivity index (χ2n) is 7.81. The molecule has 0 atom stereocenters. The van der Waals surface area contributed by atoms with Gasteiger partial charge in [0.2, 0.25) is 0 Å². The van der Waals surface area contributed by atoms with Crippen molar-refractivity contribution in [3.05, 3.63) is 41.5 Å². The number of aromatic nitrogens is 3. The number of hydrogen-bond acceptors (Lipinski definition) is 7. The van der Waals surface area contributed by atoms with Crippen molar-refractivity contribution in [3.63, 3.8) is 0 Å². The van der Waals surface area contributed by atoms with Crippen LogP contribution in [0.5, 0.6) is 0 Å². The molecule has 4 heterocycles. The molecule has 1 aliphatic rings. The SMILES string of the molecule is Cc1noc(C)c1NC(=O)N1CCN(CCNc2nccc3nc(C(F)(F)F)ccc23)CC1. The van der Waals surface area contributed by atoms with Gasteiger partial charge in [0, 0.05) is 50.9 Å². The van der Waals surface area contributed by atoms with E-state index in [1.807, 2.05) is 0 Å². The van der Waals surface area contributed by atoms with Crippen LogP contribution in [0.2, 0.25) is 0 Å². The van der Waals surface area contributed by atoms with Crippen LogP contribution in [-0.2, 0) is 6.18 Å². The molecule has 0 aromatic carbocycles. The number of hydrogen-bond donors (Lipinski definition) is 2. The molecule has 4 rings (SSSR count). The summed E-state index contributed by atoms with van der Waals surface area (Å²) >= 11 is 0. The molecule has 33 heavy (non-hydrogen) atoms. The van der Waals surface area contributed by atoms with Crippen molar-refractivity contribution in [2.24, 2.45) is 0 Å². The van der Waals surface area contributed by atoms with E-state index < -0.39 is 11.9 Å². The van der Waals surface area contributed by atoms with Crippen LogP contribution in [-0.4, -0.2) is 70.2 Å². The van der Waals surface area contributed by atoms with Gasteiger partial charge in [-0.05, 0) is 32.0 Å². The molecular weight excluding hydrogens is 439 g/mol. The van der Waals surface area contributed by atoms with Crippen LogP contribution in [0.4, 0.5) is 29.5 Å². The highest BCUT2D eigenvalue weighted by atomic mass is 19.4. The smallest absolute Gasteiger partial charge is 0.368 e. The first-order valence-corrected chi connectivity index (χ1v) is 10.5. The van der Waals surface area contributed by atoms with Crippen LogP contribution < -0.4 is 10.6 Å². The normalized spacial score (nSPS) is 15.1. The fourth-order valence-corrected chi connectivity index (χ4v) is 3.71. The Bertz CT molecular complexity index is 1120. The van der Waals surface area contributed by atoms with Gasteiger partial charge in [-0.3, -0.25) is 4.90 Å². The molecule has 9 nitrogen and oxygen atoms in total. The van der Waals surface area contributed by atoms with Crippen LogP contribution >= 0.6 is 0 Å². The van der Waals surface area contributed by atoms with E-state index >= 15 is 0 Å². The van der Waals surface area contributed by atoms with Crippen molar-refractivity contribution in [2.75, 3.05) is 49.9 Å². The van der Waals surface area contributed by atoms with Crippen molar-refractivity contribution in [1.29, 1.82) is 0 Å². The van der Waals surface area contributed by atoms with Crippen molar-refractivity contribution in [2.45, 2.75) is 20.0 Å². The van der Waals surface area contributed by atoms with E-state index in [1.165, 1.54) is 18.3 Å². The molecule has 1 aliphatic heterocycles. The molecule has 0 aliphatic carbocycles. The quantitative estimate of drug-likeness (QED) is 0.597. The van der Waals surface area contributed by atoms with Crippen LogP contribution in [0, 0.1) is 13.8 Å². The zero-order chi connectivity index (χ0) is 23.6. The van der Waals surface area contributed by atoms with E-state index in [0.29, 0.717) is 67.6 Å². The molecule has 0 radical (unpaired) electrons. The largest absolute Gasteiger partial charge is 0.433 e. The maximum atomic E-state index is 12.9. The highest BCUT2D eigenvalue weighted by molar-refractivity contribution is 5.90. The lowest BCUT2D eigenvalue weighted by Gasteiger charge is -2.34. The lowest BCUT2D eigenvalue weighted by Crippen LogP contribution is -2.50. The highest BCUT2D eigenvalue weighted by Crippen LogP contribution is 2.30. The molecule has 0 saturated carbocycles. The summed E-state index contributed by atoms with van der Waals surface area (Å²) in [5.41, 5.74) is 0.548. The van der Waals surface area contributed by atoms with Gasteiger partial charge in [-0.15, -0.1) is 0 Å². The zero-order valence-electron chi connectivity index (χ0n) is 18.2. The van der Waals surface area contributed by atoms with Crippen molar-refractivity contribution in [1.82, 2.24) is 24.9 Å². The van der Waals surface area contributed by atoms with Gasteiger partial charge in [-0.25, -0.2) is 14.8 Å². The van der Waals surface area contributed by atoms with Gasteiger partial charge in [-0.2, -0.15) is 13.2 Å². The van der Waals surface area contributed by atoms with E-state index in [1.54, 1.807) is 18.7 Å². The van der Waals surface area contributed by atoms with Gasteiger partial charge in [0.25, 0.3) is 0 Å². The summed E-state index contributed by atoms with van der Waals surface area (Å²) in [6.45, 7) is 7.33. The minimum absolute atomic E-state index is 0.187. The number of alkyl halides is 3. The third-order valence-electron chi connectivity index (χ3n) is 5.55. The van der Waals surface area contributed by atoms with Crippen molar-refractivity contribution >= 4 is 28.4 Å². The van der Waals surface area contributed by atoms with Gasteiger partial charge in [0.15, 0.2) is 5.76 Å². The van der Waals surface area contributed by atoms with Gasteiger partial charge in [0.05, 0.1) is 5.52 Å². The fraction of sp³-hybridized carbons (Fsp3) is 0.429. The maximum Gasteiger partial charge on any atom is 0.433 e. The number of halogens is 3. The molecule has 0 unspecified atom stereocenters. The fourth-order valence-electron chi connectivity index (χ4n) is 3.71. The summed E-state index contributed by atoms with van der Waals surface area (Å²) in [6, 6.07) is 3.62. The monoisotopic (exact) mass is 463 g/mol. The number of pyridine rings is 2.